The van der Waals surface area contributed by atoms with Crippen molar-refractivity contribution in [3.8, 4) is 0 Å². The summed E-state index contributed by atoms with van der Waals surface area (Å²) in [5, 5.41) is 0. The van der Waals surface area contributed by atoms with Crippen molar-refractivity contribution >= 4 is 5.91 Å². The van der Waals surface area contributed by atoms with Gasteiger partial charge in [0.05, 0.1) is 18.8 Å². The average molecular weight is 243 g/mol. The number of hydrogen-bond acceptors (Lipinski definition) is 2. The third kappa shape index (κ3) is 2.45. The molecule has 0 aromatic carbocycles. The van der Waals surface area contributed by atoms with Crippen LogP contribution in [-0.2, 0) is 9.53 Å². The molecule has 0 aromatic heterocycles. The van der Waals surface area contributed by atoms with E-state index >= 15 is 0 Å². The molecule has 0 bridgehead atoms. The first-order valence-electron chi connectivity index (χ1n) is 4.85. The largest absolute Gasteiger partial charge is 0.383 e. The molecular weight excluding hydrogens is 230 g/mol. The molecule has 1 heterocycles. The van der Waals surface area contributed by atoms with Gasteiger partial charge in [-0.3, -0.25) is 4.79 Å². The number of halogens is 4. The van der Waals surface area contributed by atoms with Gasteiger partial charge < -0.3 is 9.64 Å². The summed E-state index contributed by atoms with van der Waals surface area (Å²) < 4.78 is 54.8. The Hall–Kier alpha value is -0.850. The SMILES string of the molecule is CC1CN(C(=O)C(F)(F)C(F)F)C(C)CO1. The first kappa shape index (κ1) is 13.2. The van der Waals surface area contributed by atoms with Gasteiger partial charge >= 0.3 is 12.3 Å². The van der Waals surface area contributed by atoms with E-state index in [9.17, 15) is 22.4 Å². The summed E-state index contributed by atoms with van der Waals surface area (Å²) in [5.41, 5.74) is 0. The summed E-state index contributed by atoms with van der Waals surface area (Å²) in [4.78, 5) is 12.0. The quantitative estimate of drug-likeness (QED) is 0.688. The predicted octanol–water partition coefficient (Wildman–Crippen LogP) is 1.52. The van der Waals surface area contributed by atoms with Crippen LogP contribution < -0.4 is 0 Å². The van der Waals surface area contributed by atoms with Crippen molar-refractivity contribution in [1.82, 2.24) is 4.90 Å². The van der Waals surface area contributed by atoms with E-state index in [1.165, 1.54) is 6.92 Å². The second kappa shape index (κ2) is 4.57. The minimum Gasteiger partial charge on any atom is -0.375 e. The van der Waals surface area contributed by atoms with E-state index in [4.69, 9.17) is 4.74 Å². The molecule has 1 aliphatic heterocycles. The zero-order valence-electron chi connectivity index (χ0n) is 8.92. The fraction of sp³-hybridized carbons (Fsp3) is 0.889. The fourth-order valence-corrected chi connectivity index (χ4v) is 1.47. The lowest BCUT2D eigenvalue weighted by Gasteiger charge is -2.38. The zero-order chi connectivity index (χ0) is 12.5. The Morgan fingerprint density at radius 3 is 2.50 bits per heavy atom. The number of amides is 1. The Kier molecular flexibility index (Phi) is 3.77. The van der Waals surface area contributed by atoms with Gasteiger partial charge in [0.15, 0.2) is 0 Å². The molecule has 1 rings (SSSR count). The highest BCUT2D eigenvalue weighted by Crippen LogP contribution is 2.27. The number of carbonyl (C=O) groups excluding carboxylic acids is 1. The molecule has 3 nitrogen and oxygen atoms in total. The van der Waals surface area contributed by atoms with Crippen LogP contribution in [-0.4, -0.2) is 48.5 Å². The molecule has 7 heteroatoms. The van der Waals surface area contributed by atoms with E-state index in [2.05, 4.69) is 0 Å². The van der Waals surface area contributed by atoms with Gasteiger partial charge in [-0.2, -0.15) is 8.78 Å². The number of carbonyl (C=O) groups is 1. The van der Waals surface area contributed by atoms with Crippen LogP contribution in [0.2, 0.25) is 0 Å². The van der Waals surface area contributed by atoms with Crippen LogP contribution in [0.15, 0.2) is 0 Å². The minimum atomic E-state index is -4.62. The maximum atomic E-state index is 12.8. The summed E-state index contributed by atoms with van der Waals surface area (Å²) >= 11 is 0. The number of ether oxygens (including phenoxy) is 1. The van der Waals surface area contributed by atoms with Crippen molar-refractivity contribution in [2.45, 2.75) is 38.3 Å². The molecule has 2 atom stereocenters. The molecule has 1 amide bonds. The van der Waals surface area contributed by atoms with Gasteiger partial charge in [-0.15, -0.1) is 0 Å². The normalized spacial score (nSPS) is 27.3. The van der Waals surface area contributed by atoms with Crippen molar-refractivity contribution in [1.29, 1.82) is 0 Å². The summed E-state index contributed by atoms with van der Waals surface area (Å²) in [7, 11) is 0. The molecular formula is C9H13F4NO2. The van der Waals surface area contributed by atoms with Crippen LogP contribution in [0.25, 0.3) is 0 Å². The summed E-state index contributed by atoms with van der Waals surface area (Å²) in [6, 6.07) is -0.617. The van der Waals surface area contributed by atoms with Gasteiger partial charge in [-0.1, -0.05) is 0 Å². The molecule has 1 aliphatic rings. The number of nitrogens with zero attached hydrogens (tertiary/aromatic N) is 1. The zero-order valence-corrected chi connectivity index (χ0v) is 8.92. The fourth-order valence-electron chi connectivity index (χ4n) is 1.47. The molecule has 1 fully saturated rings. The number of hydrogen-bond donors (Lipinski definition) is 0. The maximum Gasteiger partial charge on any atom is 0.383 e. The molecule has 0 aliphatic carbocycles. The van der Waals surface area contributed by atoms with Gasteiger partial charge in [0.25, 0.3) is 5.91 Å². The molecule has 16 heavy (non-hydrogen) atoms. The number of morpholine rings is 1. The highest BCUT2D eigenvalue weighted by atomic mass is 19.3. The van der Waals surface area contributed by atoms with Crippen LogP contribution in [0.3, 0.4) is 0 Å². The summed E-state index contributed by atoms with van der Waals surface area (Å²) in [6.45, 7) is 3.05. The molecule has 1 saturated heterocycles. The highest BCUT2D eigenvalue weighted by molar-refractivity contribution is 5.84. The lowest BCUT2D eigenvalue weighted by Crippen LogP contribution is -2.56. The van der Waals surface area contributed by atoms with E-state index in [-0.39, 0.29) is 13.2 Å². The Bertz CT molecular complexity index is 272. The standard InChI is InChI=1S/C9H13F4NO2/c1-5-4-16-6(2)3-14(5)8(15)9(12,13)7(10)11/h5-7H,3-4H2,1-2H3. The van der Waals surface area contributed by atoms with Crippen LogP contribution in [0.1, 0.15) is 13.8 Å². The van der Waals surface area contributed by atoms with Gasteiger partial charge in [0.1, 0.15) is 0 Å². The lowest BCUT2D eigenvalue weighted by molar-refractivity contribution is -0.189. The second-order valence-corrected chi connectivity index (χ2v) is 3.87. The van der Waals surface area contributed by atoms with Crippen LogP contribution in [0.4, 0.5) is 17.6 Å². The van der Waals surface area contributed by atoms with E-state index < -0.39 is 30.4 Å². The Labute approximate surface area is 90.3 Å². The summed E-state index contributed by atoms with van der Waals surface area (Å²) in [5.74, 6) is -6.45. The van der Waals surface area contributed by atoms with E-state index in [1.54, 1.807) is 6.92 Å². The smallest absolute Gasteiger partial charge is 0.375 e. The van der Waals surface area contributed by atoms with Crippen LogP contribution in [0, 0.1) is 0 Å². The molecule has 0 saturated carbocycles. The van der Waals surface area contributed by atoms with Gasteiger partial charge in [-0.05, 0) is 13.8 Å². The third-order valence-electron chi connectivity index (χ3n) is 2.43. The minimum absolute atomic E-state index is 0.0756. The van der Waals surface area contributed by atoms with Crippen molar-refractivity contribution in [2.75, 3.05) is 13.2 Å². The Morgan fingerprint density at radius 2 is 2.00 bits per heavy atom. The van der Waals surface area contributed by atoms with Crippen molar-refractivity contribution in [3.63, 3.8) is 0 Å². The first-order valence-corrected chi connectivity index (χ1v) is 4.85. The van der Waals surface area contributed by atoms with Crippen LogP contribution >= 0.6 is 0 Å². The Balaban J connectivity index is 2.79. The maximum absolute atomic E-state index is 12.8. The average Bonchev–Trinajstić information content (AvgIpc) is 2.20. The first-order chi connectivity index (χ1) is 7.26. The van der Waals surface area contributed by atoms with E-state index in [0.29, 0.717) is 0 Å². The number of alkyl halides is 4. The third-order valence-corrected chi connectivity index (χ3v) is 2.43. The van der Waals surface area contributed by atoms with E-state index in [0.717, 1.165) is 4.90 Å². The monoisotopic (exact) mass is 243 g/mol. The molecule has 2 unspecified atom stereocenters. The molecule has 0 N–H and O–H groups in total. The van der Waals surface area contributed by atoms with Crippen molar-refractivity contribution < 1.29 is 27.1 Å². The Morgan fingerprint density at radius 1 is 1.44 bits per heavy atom. The predicted molar refractivity (Wildman–Crippen MR) is 47.5 cm³/mol. The highest BCUT2D eigenvalue weighted by Gasteiger charge is 2.52. The molecule has 0 spiro atoms. The molecule has 94 valence electrons. The van der Waals surface area contributed by atoms with Gasteiger partial charge in [-0.25, -0.2) is 8.78 Å². The van der Waals surface area contributed by atoms with Gasteiger partial charge in [0, 0.05) is 6.54 Å². The molecule has 0 aromatic rings. The lowest BCUT2D eigenvalue weighted by atomic mass is 10.1. The van der Waals surface area contributed by atoms with Gasteiger partial charge in [0.2, 0.25) is 0 Å². The molecule has 0 radical (unpaired) electrons. The van der Waals surface area contributed by atoms with Crippen LogP contribution in [0.5, 0.6) is 0 Å². The number of rotatable bonds is 2. The van der Waals surface area contributed by atoms with E-state index in [1.807, 2.05) is 0 Å². The summed E-state index contributed by atoms with van der Waals surface area (Å²) in [6.07, 6.45) is -4.40. The van der Waals surface area contributed by atoms with Crippen molar-refractivity contribution in [3.05, 3.63) is 0 Å². The van der Waals surface area contributed by atoms with Crippen molar-refractivity contribution in [2.24, 2.45) is 0 Å². The topological polar surface area (TPSA) is 29.5 Å². The second-order valence-electron chi connectivity index (χ2n) is 3.87.